The standard InChI is InChI=1S/C23H26N2O4S/c1-5-17-10-12-19(13-11-17)22-16(4)23(27)25(30(22,28)29)14-20(26)24-21-15(3)8-7-9-18(21)6-2/h7-13H,5-6,14H2,1-4H3,(H,24,26). The van der Waals surface area contributed by atoms with Crippen LogP contribution in [0.3, 0.4) is 0 Å². The van der Waals surface area contributed by atoms with Crippen molar-refractivity contribution in [1.82, 2.24) is 4.31 Å². The molecule has 1 heterocycles. The van der Waals surface area contributed by atoms with Crippen LogP contribution in [-0.4, -0.2) is 31.1 Å². The SMILES string of the molecule is CCc1ccc(C2=C(C)C(=O)N(CC(=O)Nc3c(C)cccc3CC)S2(=O)=O)cc1. The van der Waals surface area contributed by atoms with Crippen LogP contribution in [0.4, 0.5) is 5.69 Å². The van der Waals surface area contributed by atoms with E-state index in [2.05, 4.69) is 5.32 Å². The lowest BCUT2D eigenvalue weighted by Gasteiger charge is -2.18. The van der Waals surface area contributed by atoms with E-state index in [9.17, 15) is 18.0 Å². The summed E-state index contributed by atoms with van der Waals surface area (Å²) in [6.07, 6.45) is 1.55. The number of sulfonamides is 1. The summed E-state index contributed by atoms with van der Waals surface area (Å²) in [7, 11) is -4.11. The van der Waals surface area contributed by atoms with Crippen LogP contribution in [0.5, 0.6) is 0 Å². The lowest BCUT2D eigenvalue weighted by atomic mass is 10.1. The fraction of sp³-hybridized carbons (Fsp3) is 0.304. The van der Waals surface area contributed by atoms with E-state index in [0.29, 0.717) is 15.6 Å². The molecule has 7 heteroatoms. The Hall–Kier alpha value is -2.93. The summed E-state index contributed by atoms with van der Waals surface area (Å²) in [5, 5.41) is 2.78. The van der Waals surface area contributed by atoms with Gasteiger partial charge in [0.25, 0.3) is 15.9 Å². The zero-order valence-electron chi connectivity index (χ0n) is 17.7. The van der Waals surface area contributed by atoms with Crippen molar-refractivity contribution in [2.75, 3.05) is 11.9 Å². The third kappa shape index (κ3) is 3.89. The topological polar surface area (TPSA) is 83.6 Å². The van der Waals surface area contributed by atoms with Gasteiger partial charge in [-0.2, -0.15) is 0 Å². The lowest BCUT2D eigenvalue weighted by Crippen LogP contribution is -2.38. The van der Waals surface area contributed by atoms with E-state index in [1.807, 2.05) is 51.1 Å². The predicted octanol–water partition coefficient (Wildman–Crippen LogP) is 3.66. The van der Waals surface area contributed by atoms with Crippen molar-refractivity contribution in [2.24, 2.45) is 0 Å². The van der Waals surface area contributed by atoms with Crippen molar-refractivity contribution in [3.8, 4) is 0 Å². The first-order chi connectivity index (χ1) is 14.2. The van der Waals surface area contributed by atoms with Gasteiger partial charge >= 0.3 is 0 Å². The Balaban J connectivity index is 1.86. The molecule has 6 nitrogen and oxygen atoms in total. The second kappa shape index (κ2) is 8.44. The average Bonchev–Trinajstić information content (AvgIpc) is 2.89. The van der Waals surface area contributed by atoms with E-state index in [0.717, 1.165) is 29.5 Å². The molecule has 0 saturated heterocycles. The summed E-state index contributed by atoms with van der Waals surface area (Å²) in [5.41, 5.74) is 4.13. The number of hydrogen-bond donors (Lipinski definition) is 1. The van der Waals surface area contributed by atoms with Gasteiger partial charge in [-0.05, 0) is 48.9 Å². The van der Waals surface area contributed by atoms with Crippen LogP contribution in [0.15, 0.2) is 48.0 Å². The number of rotatable bonds is 6. The number of benzene rings is 2. The molecule has 2 aromatic rings. The van der Waals surface area contributed by atoms with Gasteiger partial charge in [0.1, 0.15) is 11.4 Å². The number of nitrogens with zero attached hydrogens (tertiary/aromatic N) is 1. The molecule has 0 fully saturated rings. The molecule has 3 rings (SSSR count). The van der Waals surface area contributed by atoms with E-state index in [1.165, 1.54) is 6.92 Å². The number of amides is 2. The van der Waals surface area contributed by atoms with Gasteiger partial charge in [-0.3, -0.25) is 9.59 Å². The Morgan fingerprint density at radius 2 is 1.67 bits per heavy atom. The molecule has 0 unspecified atom stereocenters. The lowest BCUT2D eigenvalue weighted by molar-refractivity contribution is -0.126. The number of para-hydroxylation sites is 1. The fourth-order valence-electron chi connectivity index (χ4n) is 3.62. The molecular formula is C23H26N2O4S. The van der Waals surface area contributed by atoms with Crippen LogP contribution in [0, 0.1) is 6.92 Å². The van der Waals surface area contributed by atoms with Crippen molar-refractivity contribution in [3.63, 3.8) is 0 Å². The molecule has 1 N–H and O–H groups in total. The van der Waals surface area contributed by atoms with Crippen LogP contribution in [0.1, 0.15) is 43.0 Å². The van der Waals surface area contributed by atoms with E-state index in [-0.39, 0.29) is 10.5 Å². The van der Waals surface area contributed by atoms with Gasteiger partial charge in [0, 0.05) is 11.3 Å². The highest BCUT2D eigenvalue weighted by atomic mass is 32.2. The van der Waals surface area contributed by atoms with Crippen LogP contribution in [-0.2, 0) is 32.5 Å². The molecule has 0 aromatic heterocycles. The molecule has 158 valence electrons. The highest BCUT2D eigenvalue weighted by Gasteiger charge is 2.43. The minimum atomic E-state index is -4.11. The largest absolute Gasteiger partial charge is 0.324 e. The number of aryl methyl sites for hydroxylation is 3. The van der Waals surface area contributed by atoms with Gasteiger partial charge in [0.05, 0.1) is 0 Å². The Bertz CT molecular complexity index is 1130. The first-order valence-electron chi connectivity index (χ1n) is 9.96. The number of carbonyl (C=O) groups excluding carboxylic acids is 2. The zero-order chi connectivity index (χ0) is 22.1. The molecule has 1 aliphatic rings. The van der Waals surface area contributed by atoms with Crippen molar-refractivity contribution >= 4 is 32.4 Å². The first-order valence-corrected chi connectivity index (χ1v) is 11.4. The molecule has 30 heavy (non-hydrogen) atoms. The summed E-state index contributed by atoms with van der Waals surface area (Å²) < 4.78 is 26.9. The minimum absolute atomic E-state index is 0.0342. The third-order valence-electron chi connectivity index (χ3n) is 5.35. The second-order valence-electron chi connectivity index (χ2n) is 7.33. The summed E-state index contributed by atoms with van der Waals surface area (Å²) in [6.45, 7) is 6.77. The molecular weight excluding hydrogens is 400 g/mol. The van der Waals surface area contributed by atoms with Crippen LogP contribution in [0.2, 0.25) is 0 Å². The number of anilines is 1. The highest BCUT2D eigenvalue weighted by Crippen LogP contribution is 2.35. The monoisotopic (exact) mass is 426 g/mol. The maximum Gasteiger partial charge on any atom is 0.268 e. The second-order valence-corrected chi connectivity index (χ2v) is 9.13. The molecule has 0 atom stereocenters. The van der Waals surface area contributed by atoms with Crippen molar-refractivity contribution in [3.05, 3.63) is 70.3 Å². The number of nitrogens with one attached hydrogen (secondary N) is 1. The van der Waals surface area contributed by atoms with Gasteiger partial charge in [0.15, 0.2) is 0 Å². The predicted molar refractivity (Wildman–Crippen MR) is 118 cm³/mol. The smallest absolute Gasteiger partial charge is 0.268 e. The first kappa shape index (κ1) is 21.8. The van der Waals surface area contributed by atoms with E-state index >= 15 is 0 Å². The third-order valence-corrected chi connectivity index (χ3v) is 7.28. The molecule has 1 aliphatic heterocycles. The Kier molecular flexibility index (Phi) is 6.12. The van der Waals surface area contributed by atoms with Gasteiger partial charge in [-0.25, -0.2) is 12.7 Å². The molecule has 0 bridgehead atoms. The molecule has 0 aliphatic carbocycles. The quantitative estimate of drug-likeness (QED) is 0.764. The summed E-state index contributed by atoms with van der Waals surface area (Å²) in [4.78, 5) is 25.3. The Labute approximate surface area is 177 Å². The van der Waals surface area contributed by atoms with E-state index < -0.39 is 28.4 Å². The Morgan fingerprint density at radius 3 is 2.27 bits per heavy atom. The maximum absolute atomic E-state index is 13.1. The fourth-order valence-corrected chi connectivity index (χ4v) is 5.39. The highest BCUT2D eigenvalue weighted by molar-refractivity contribution is 7.99. The Morgan fingerprint density at radius 1 is 1.00 bits per heavy atom. The van der Waals surface area contributed by atoms with Crippen LogP contribution >= 0.6 is 0 Å². The van der Waals surface area contributed by atoms with Gasteiger partial charge in [-0.1, -0.05) is 56.3 Å². The molecule has 0 spiro atoms. The van der Waals surface area contributed by atoms with Gasteiger partial charge in [0.2, 0.25) is 5.91 Å². The molecule has 2 aromatic carbocycles. The van der Waals surface area contributed by atoms with Crippen molar-refractivity contribution < 1.29 is 18.0 Å². The minimum Gasteiger partial charge on any atom is -0.324 e. The molecule has 0 radical (unpaired) electrons. The van der Waals surface area contributed by atoms with Gasteiger partial charge < -0.3 is 5.32 Å². The normalized spacial score (nSPS) is 15.6. The maximum atomic E-state index is 13.1. The summed E-state index contributed by atoms with van der Waals surface area (Å²) in [5.74, 6) is -1.22. The van der Waals surface area contributed by atoms with Crippen LogP contribution in [0.25, 0.3) is 4.91 Å². The zero-order valence-corrected chi connectivity index (χ0v) is 18.5. The summed E-state index contributed by atoms with van der Waals surface area (Å²) in [6, 6.07) is 12.8. The van der Waals surface area contributed by atoms with Crippen molar-refractivity contribution in [1.29, 1.82) is 0 Å². The molecule has 0 saturated carbocycles. The number of carbonyl (C=O) groups is 2. The molecule has 2 amide bonds. The average molecular weight is 427 g/mol. The van der Waals surface area contributed by atoms with Crippen LogP contribution < -0.4 is 5.32 Å². The van der Waals surface area contributed by atoms with E-state index in [4.69, 9.17) is 0 Å². The van der Waals surface area contributed by atoms with Crippen molar-refractivity contribution in [2.45, 2.75) is 40.5 Å². The van der Waals surface area contributed by atoms with Gasteiger partial charge in [-0.15, -0.1) is 0 Å². The van der Waals surface area contributed by atoms with E-state index in [1.54, 1.807) is 12.1 Å². The summed E-state index contributed by atoms with van der Waals surface area (Å²) >= 11 is 0. The number of hydrogen-bond acceptors (Lipinski definition) is 4.